The van der Waals surface area contributed by atoms with Gasteiger partial charge in [-0.25, -0.2) is 9.50 Å². The molecule has 3 aromatic heterocycles. The Kier molecular flexibility index (Phi) is 4.45. The van der Waals surface area contributed by atoms with Crippen LogP contribution in [0.1, 0.15) is 34.5 Å². The maximum Gasteiger partial charge on any atom is 0.417 e. The number of amides is 1. The molecule has 0 aliphatic carbocycles. The van der Waals surface area contributed by atoms with Gasteiger partial charge in [-0.2, -0.15) is 18.3 Å². The van der Waals surface area contributed by atoms with Crippen LogP contribution in [0.3, 0.4) is 0 Å². The van der Waals surface area contributed by atoms with Gasteiger partial charge in [0, 0.05) is 30.1 Å². The maximum absolute atomic E-state index is 14.0. The Labute approximate surface area is 192 Å². The normalized spacial score (nSPS) is 19.6. The summed E-state index contributed by atoms with van der Waals surface area (Å²) in [5, 5.41) is 4.59. The van der Waals surface area contributed by atoms with Crippen LogP contribution in [0.2, 0.25) is 0 Å². The molecule has 2 aliphatic heterocycles. The lowest BCUT2D eigenvalue weighted by Crippen LogP contribution is -2.46. The van der Waals surface area contributed by atoms with Crippen molar-refractivity contribution < 1.29 is 22.7 Å². The van der Waals surface area contributed by atoms with Crippen molar-refractivity contribution in [2.24, 2.45) is 0 Å². The number of nitrogens with zero attached hydrogens (tertiary/aromatic N) is 4. The molecule has 172 valence electrons. The molecule has 0 saturated carbocycles. The molecule has 1 saturated heterocycles. The minimum atomic E-state index is -4.54. The highest BCUT2D eigenvalue weighted by atomic mass is 19.4. The molecule has 1 aromatic carbocycles. The quantitative estimate of drug-likeness (QED) is 0.422. The summed E-state index contributed by atoms with van der Waals surface area (Å²) in [6.45, 7) is 0.455. The van der Waals surface area contributed by atoms with E-state index in [1.807, 2.05) is 48.5 Å². The van der Waals surface area contributed by atoms with E-state index in [4.69, 9.17) is 4.74 Å². The van der Waals surface area contributed by atoms with Crippen molar-refractivity contribution in [3.05, 3.63) is 83.8 Å². The van der Waals surface area contributed by atoms with Crippen molar-refractivity contribution in [3.8, 4) is 17.0 Å². The molecule has 6 nitrogen and oxygen atoms in total. The summed E-state index contributed by atoms with van der Waals surface area (Å²) in [6.07, 6.45) is -0.872. The third-order valence-corrected chi connectivity index (χ3v) is 6.67. The molecule has 9 heteroatoms. The number of carbonyl (C=O) groups is 1. The van der Waals surface area contributed by atoms with Crippen molar-refractivity contribution in [3.63, 3.8) is 0 Å². The second-order valence-corrected chi connectivity index (χ2v) is 8.58. The minimum absolute atomic E-state index is 0.0659. The smallest absolute Gasteiger partial charge is 0.417 e. The fraction of sp³-hybridized carbons (Fsp3) is 0.240. The Balaban J connectivity index is 1.49. The topological polar surface area (TPSA) is 59.7 Å². The zero-order valence-electron chi connectivity index (χ0n) is 17.9. The van der Waals surface area contributed by atoms with Crippen molar-refractivity contribution in [1.29, 1.82) is 0 Å². The first-order chi connectivity index (χ1) is 16.4. The van der Waals surface area contributed by atoms with Crippen LogP contribution < -0.4 is 4.74 Å². The molecule has 4 aromatic rings. The van der Waals surface area contributed by atoms with E-state index in [1.165, 1.54) is 0 Å². The Morgan fingerprint density at radius 2 is 1.88 bits per heavy atom. The van der Waals surface area contributed by atoms with Crippen LogP contribution in [-0.2, 0) is 11.7 Å². The van der Waals surface area contributed by atoms with Crippen LogP contribution in [0.25, 0.3) is 16.6 Å². The first kappa shape index (κ1) is 20.7. The highest BCUT2D eigenvalue weighted by molar-refractivity contribution is 6.04. The lowest BCUT2D eigenvalue weighted by atomic mass is 9.89. The highest BCUT2D eigenvalue weighted by Gasteiger charge is 2.53. The molecule has 2 aliphatic rings. The summed E-state index contributed by atoms with van der Waals surface area (Å²) in [6, 6.07) is 16.2. The summed E-state index contributed by atoms with van der Waals surface area (Å²) in [4.78, 5) is 19.5. The fourth-order valence-electron chi connectivity index (χ4n) is 5.09. The largest absolute Gasteiger partial charge is 0.475 e. The average Bonchev–Trinajstić information content (AvgIpc) is 3.54. The molecular formula is C25H19F3N4O2. The second kappa shape index (κ2) is 7.31. The number of carbonyl (C=O) groups excluding carboxylic acids is 1. The molecule has 0 radical (unpaired) electrons. The monoisotopic (exact) mass is 464 g/mol. The second-order valence-electron chi connectivity index (χ2n) is 8.58. The van der Waals surface area contributed by atoms with E-state index in [1.54, 1.807) is 15.6 Å². The van der Waals surface area contributed by atoms with E-state index in [9.17, 15) is 18.0 Å². The number of hydrogen-bond acceptors (Lipinski definition) is 4. The summed E-state index contributed by atoms with van der Waals surface area (Å²) < 4.78 is 47.7. The zero-order valence-corrected chi connectivity index (χ0v) is 17.9. The fourth-order valence-corrected chi connectivity index (χ4v) is 5.09. The van der Waals surface area contributed by atoms with Gasteiger partial charge in [0.25, 0.3) is 5.91 Å². The van der Waals surface area contributed by atoms with Crippen molar-refractivity contribution in [2.75, 3.05) is 13.2 Å². The van der Waals surface area contributed by atoms with Crippen LogP contribution in [0.5, 0.6) is 5.88 Å². The van der Waals surface area contributed by atoms with E-state index in [0.717, 1.165) is 23.3 Å². The van der Waals surface area contributed by atoms with Gasteiger partial charge in [-0.1, -0.05) is 36.4 Å². The van der Waals surface area contributed by atoms with Gasteiger partial charge in [0.2, 0.25) is 5.88 Å². The maximum atomic E-state index is 14.0. The number of halogens is 3. The van der Waals surface area contributed by atoms with Gasteiger partial charge in [-0.15, -0.1) is 0 Å². The number of aromatic nitrogens is 3. The third kappa shape index (κ3) is 2.99. The number of pyridine rings is 2. The van der Waals surface area contributed by atoms with Crippen LogP contribution in [0.15, 0.2) is 67.0 Å². The number of ether oxygens (including phenoxy) is 1. The predicted octanol–water partition coefficient (Wildman–Crippen LogP) is 4.94. The minimum Gasteiger partial charge on any atom is -0.475 e. The van der Waals surface area contributed by atoms with Gasteiger partial charge >= 0.3 is 6.18 Å². The van der Waals surface area contributed by atoms with Gasteiger partial charge in [-0.3, -0.25) is 4.79 Å². The molecule has 1 atom stereocenters. The van der Waals surface area contributed by atoms with Gasteiger partial charge < -0.3 is 9.64 Å². The number of hydrogen-bond donors (Lipinski definition) is 0. The van der Waals surface area contributed by atoms with Gasteiger partial charge in [0.15, 0.2) is 5.69 Å². The molecule has 0 N–H and O–H groups in total. The summed E-state index contributed by atoms with van der Waals surface area (Å²) in [5.74, 6) is -0.195. The van der Waals surface area contributed by atoms with Gasteiger partial charge in [0.05, 0.1) is 11.1 Å². The van der Waals surface area contributed by atoms with Crippen LogP contribution in [0.4, 0.5) is 13.2 Å². The van der Waals surface area contributed by atoms with Crippen LogP contribution in [0, 0.1) is 0 Å². The summed E-state index contributed by atoms with van der Waals surface area (Å²) in [7, 11) is 0. The standard InChI is InChI=1S/C25H19F3N4O2/c26-25(27,28)17-13-18-22(29-14-17)34-15-24(18)10-6-11-31(24)23(33)21-20(16-7-2-1-3-8-16)19-9-4-5-12-32(19)30-21/h1-5,7-9,12-14H,6,10-11,15H2/t24-/m0/s1. The van der Waals surface area contributed by atoms with Crippen molar-refractivity contribution in [2.45, 2.75) is 24.6 Å². The summed E-state index contributed by atoms with van der Waals surface area (Å²) >= 11 is 0. The van der Waals surface area contributed by atoms with Crippen LogP contribution in [-0.4, -0.2) is 38.6 Å². The van der Waals surface area contributed by atoms with E-state index in [2.05, 4.69) is 10.1 Å². The van der Waals surface area contributed by atoms with E-state index in [-0.39, 0.29) is 24.1 Å². The van der Waals surface area contributed by atoms with Crippen molar-refractivity contribution in [1.82, 2.24) is 19.5 Å². The molecule has 0 unspecified atom stereocenters. The Morgan fingerprint density at radius 3 is 2.68 bits per heavy atom. The van der Waals surface area contributed by atoms with Gasteiger partial charge in [-0.05, 0) is 36.6 Å². The number of alkyl halides is 3. The van der Waals surface area contributed by atoms with Gasteiger partial charge in [0.1, 0.15) is 12.1 Å². The lowest BCUT2D eigenvalue weighted by Gasteiger charge is -2.33. The zero-order chi connectivity index (χ0) is 23.5. The molecule has 1 fully saturated rings. The molecule has 1 spiro atoms. The third-order valence-electron chi connectivity index (χ3n) is 6.67. The van der Waals surface area contributed by atoms with E-state index < -0.39 is 17.3 Å². The molecular weight excluding hydrogens is 445 g/mol. The van der Waals surface area contributed by atoms with E-state index in [0.29, 0.717) is 30.5 Å². The number of likely N-dealkylation sites (tertiary alicyclic amines) is 1. The molecule has 6 rings (SSSR count). The Hall–Kier alpha value is -3.88. The SMILES string of the molecule is O=C(c1nn2ccccc2c1-c1ccccc1)N1CCC[C@@]12COc1ncc(C(F)(F)F)cc12. The highest BCUT2D eigenvalue weighted by Crippen LogP contribution is 2.49. The first-order valence-electron chi connectivity index (χ1n) is 10.9. The molecule has 34 heavy (non-hydrogen) atoms. The number of benzene rings is 1. The molecule has 0 bridgehead atoms. The lowest BCUT2D eigenvalue weighted by molar-refractivity contribution is -0.137. The average molecular weight is 464 g/mol. The summed E-state index contributed by atoms with van der Waals surface area (Å²) in [5.41, 5.74) is 0.997. The molecule has 5 heterocycles. The van der Waals surface area contributed by atoms with Crippen molar-refractivity contribution >= 4 is 11.4 Å². The first-order valence-corrected chi connectivity index (χ1v) is 10.9. The Bertz CT molecular complexity index is 1420. The number of fused-ring (bicyclic) bond motifs is 3. The molecule has 1 amide bonds. The van der Waals surface area contributed by atoms with Crippen LogP contribution >= 0.6 is 0 Å². The Morgan fingerprint density at radius 1 is 1.09 bits per heavy atom. The number of rotatable bonds is 2. The van der Waals surface area contributed by atoms with E-state index >= 15 is 0 Å². The predicted molar refractivity (Wildman–Crippen MR) is 117 cm³/mol.